The summed E-state index contributed by atoms with van der Waals surface area (Å²) in [5.41, 5.74) is -3.04. The van der Waals surface area contributed by atoms with E-state index < -0.39 is 35.4 Å². The molecule has 0 saturated carbocycles. The van der Waals surface area contributed by atoms with Crippen molar-refractivity contribution in [1.29, 1.82) is 0 Å². The van der Waals surface area contributed by atoms with Gasteiger partial charge in [-0.25, -0.2) is 5.01 Å². The minimum atomic E-state index is -4.67. The minimum absolute atomic E-state index is 0.0158. The molecule has 1 heterocycles. The number of carbonyl (C=O) groups is 1. The van der Waals surface area contributed by atoms with Crippen molar-refractivity contribution in [3.63, 3.8) is 0 Å². The Morgan fingerprint density at radius 1 is 1.24 bits per heavy atom. The molecular formula is C18H23F3N2O2. The van der Waals surface area contributed by atoms with Gasteiger partial charge in [-0.2, -0.15) is 18.3 Å². The van der Waals surface area contributed by atoms with Gasteiger partial charge in [0, 0.05) is 18.3 Å². The van der Waals surface area contributed by atoms with Crippen LogP contribution in [0.15, 0.2) is 35.4 Å². The summed E-state index contributed by atoms with van der Waals surface area (Å²) < 4.78 is 39.1. The van der Waals surface area contributed by atoms with Crippen LogP contribution in [0.5, 0.6) is 0 Å². The van der Waals surface area contributed by atoms with Gasteiger partial charge < -0.3 is 5.11 Å². The van der Waals surface area contributed by atoms with E-state index in [4.69, 9.17) is 0 Å². The van der Waals surface area contributed by atoms with E-state index in [1.54, 1.807) is 20.8 Å². The van der Waals surface area contributed by atoms with Crippen molar-refractivity contribution in [3.8, 4) is 0 Å². The average Bonchev–Trinajstić information content (AvgIpc) is 2.87. The average molecular weight is 356 g/mol. The molecule has 25 heavy (non-hydrogen) atoms. The third kappa shape index (κ3) is 4.21. The van der Waals surface area contributed by atoms with Crippen LogP contribution in [-0.4, -0.2) is 33.6 Å². The van der Waals surface area contributed by atoms with Gasteiger partial charge in [-0.1, -0.05) is 51.1 Å². The fourth-order valence-electron chi connectivity index (χ4n) is 2.74. The molecule has 1 aromatic rings. The number of aliphatic hydroxyl groups is 1. The highest BCUT2D eigenvalue weighted by Crippen LogP contribution is 2.43. The molecule has 1 N–H and O–H groups in total. The number of hydrogen-bond donors (Lipinski definition) is 1. The summed E-state index contributed by atoms with van der Waals surface area (Å²) >= 11 is 0. The van der Waals surface area contributed by atoms with E-state index in [9.17, 15) is 23.1 Å². The molecule has 0 aliphatic carbocycles. The zero-order valence-electron chi connectivity index (χ0n) is 14.6. The molecule has 1 aromatic carbocycles. The van der Waals surface area contributed by atoms with Crippen LogP contribution in [0, 0.1) is 5.41 Å². The predicted molar refractivity (Wildman–Crippen MR) is 88.7 cm³/mol. The molecule has 138 valence electrons. The van der Waals surface area contributed by atoms with Crippen molar-refractivity contribution in [1.82, 2.24) is 5.01 Å². The van der Waals surface area contributed by atoms with Gasteiger partial charge in [-0.3, -0.25) is 4.79 Å². The Kier molecular flexibility index (Phi) is 5.27. The zero-order valence-corrected chi connectivity index (χ0v) is 14.6. The topological polar surface area (TPSA) is 52.9 Å². The van der Waals surface area contributed by atoms with Gasteiger partial charge in [-0.05, 0) is 18.4 Å². The SMILES string of the molecule is CC(C)(C)[C@]1(O)CC(C(F)(F)F)=NN1C(=O)CCCc1ccccc1. The van der Waals surface area contributed by atoms with Crippen LogP contribution in [0.3, 0.4) is 0 Å². The van der Waals surface area contributed by atoms with Crippen molar-refractivity contribution in [2.45, 2.75) is 58.4 Å². The minimum Gasteiger partial charge on any atom is -0.368 e. The first-order chi connectivity index (χ1) is 11.4. The van der Waals surface area contributed by atoms with Crippen molar-refractivity contribution >= 4 is 11.6 Å². The molecule has 1 amide bonds. The fraction of sp³-hybridized carbons (Fsp3) is 0.556. The van der Waals surface area contributed by atoms with Gasteiger partial charge in [-0.15, -0.1) is 0 Å². The Bertz CT molecular complexity index is 651. The van der Waals surface area contributed by atoms with E-state index in [0.717, 1.165) is 5.56 Å². The lowest BCUT2D eigenvalue weighted by atomic mass is 9.80. The number of hydrogen-bond acceptors (Lipinski definition) is 3. The molecule has 0 unspecified atom stereocenters. The summed E-state index contributed by atoms with van der Waals surface area (Å²) in [6.07, 6.45) is -4.27. The number of halogens is 3. The highest BCUT2D eigenvalue weighted by molar-refractivity contribution is 5.94. The molecule has 0 saturated heterocycles. The van der Waals surface area contributed by atoms with Gasteiger partial charge in [0.2, 0.25) is 5.91 Å². The highest BCUT2D eigenvalue weighted by Gasteiger charge is 2.57. The lowest BCUT2D eigenvalue weighted by molar-refractivity contribution is -0.182. The second-order valence-electron chi connectivity index (χ2n) is 7.33. The third-order valence-corrected chi connectivity index (χ3v) is 4.45. The number of carbonyl (C=O) groups excluding carboxylic acids is 1. The summed E-state index contributed by atoms with van der Waals surface area (Å²) in [6, 6.07) is 9.50. The summed E-state index contributed by atoms with van der Waals surface area (Å²) in [7, 11) is 0. The molecule has 0 spiro atoms. The summed E-state index contributed by atoms with van der Waals surface area (Å²) in [5.74, 6) is -0.604. The number of hydrazone groups is 1. The standard InChI is InChI=1S/C18H23F3N2O2/c1-16(2,3)17(25)12-14(18(19,20)21)22-23(17)15(24)11-7-10-13-8-5-4-6-9-13/h4-6,8-9,25H,7,10-12H2,1-3H3/t17-/m1/s1. The van der Waals surface area contributed by atoms with Gasteiger partial charge >= 0.3 is 6.18 Å². The van der Waals surface area contributed by atoms with Crippen LogP contribution in [0.2, 0.25) is 0 Å². The smallest absolute Gasteiger partial charge is 0.368 e. The molecule has 0 fully saturated rings. The van der Waals surface area contributed by atoms with Gasteiger partial charge in [0.05, 0.1) is 0 Å². The summed E-state index contributed by atoms with van der Waals surface area (Å²) in [6.45, 7) is 4.77. The van der Waals surface area contributed by atoms with Crippen LogP contribution in [0.25, 0.3) is 0 Å². The summed E-state index contributed by atoms with van der Waals surface area (Å²) in [5, 5.41) is 14.9. The van der Waals surface area contributed by atoms with E-state index in [0.29, 0.717) is 17.9 Å². The molecule has 7 heteroatoms. The second kappa shape index (κ2) is 6.78. The third-order valence-electron chi connectivity index (χ3n) is 4.45. The Balaban J connectivity index is 2.12. The first-order valence-electron chi connectivity index (χ1n) is 8.19. The van der Waals surface area contributed by atoms with E-state index in [2.05, 4.69) is 5.10 Å². The van der Waals surface area contributed by atoms with Crippen molar-refractivity contribution in [3.05, 3.63) is 35.9 Å². The van der Waals surface area contributed by atoms with Crippen LogP contribution in [0.1, 0.15) is 45.6 Å². The molecule has 1 atom stereocenters. The molecule has 0 aromatic heterocycles. The van der Waals surface area contributed by atoms with E-state index >= 15 is 0 Å². The predicted octanol–water partition coefficient (Wildman–Crippen LogP) is 3.89. The number of aryl methyl sites for hydroxylation is 1. The molecule has 2 rings (SSSR count). The van der Waals surface area contributed by atoms with Crippen molar-refractivity contribution in [2.75, 3.05) is 0 Å². The zero-order chi connectivity index (χ0) is 18.9. The molecule has 0 bridgehead atoms. The van der Waals surface area contributed by atoms with Crippen LogP contribution >= 0.6 is 0 Å². The maximum absolute atomic E-state index is 13.0. The Labute approximate surface area is 145 Å². The van der Waals surface area contributed by atoms with Crippen LogP contribution in [0.4, 0.5) is 13.2 Å². The van der Waals surface area contributed by atoms with Crippen LogP contribution in [-0.2, 0) is 11.2 Å². The largest absolute Gasteiger partial charge is 0.431 e. The number of nitrogens with zero attached hydrogens (tertiary/aromatic N) is 2. The number of alkyl halides is 3. The Morgan fingerprint density at radius 2 is 1.84 bits per heavy atom. The number of benzene rings is 1. The molecule has 0 radical (unpaired) electrons. The molecule has 1 aliphatic rings. The molecule has 4 nitrogen and oxygen atoms in total. The first-order valence-corrected chi connectivity index (χ1v) is 8.19. The monoisotopic (exact) mass is 356 g/mol. The highest BCUT2D eigenvalue weighted by atomic mass is 19.4. The first kappa shape index (κ1) is 19.4. The van der Waals surface area contributed by atoms with Gasteiger partial charge in [0.15, 0.2) is 5.72 Å². The Morgan fingerprint density at radius 3 is 2.36 bits per heavy atom. The second-order valence-corrected chi connectivity index (χ2v) is 7.33. The maximum Gasteiger partial charge on any atom is 0.431 e. The number of amides is 1. The van der Waals surface area contributed by atoms with Crippen molar-refractivity contribution in [2.24, 2.45) is 10.5 Å². The lowest BCUT2D eigenvalue weighted by Gasteiger charge is -2.41. The quantitative estimate of drug-likeness (QED) is 0.890. The maximum atomic E-state index is 13.0. The van der Waals surface area contributed by atoms with Crippen LogP contribution < -0.4 is 0 Å². The van der Waals surface area contributed by atoms with Gasteiger partial charge in [0.1, 0.15) is 5.71 Å². The Hall–Kier alpha value is -1.89. The van der Waals surface area contributed by atoms with E-state index in [1.165, 1.54) is 0 Å². The molecule has 1 aliphatic heterocycles. The number of rotatable bonds is 4. The lowest BCUT2D eigenvalue weighted by Crippen LogP contribution is -2.55. The fourth-order valence-corrected chi connectivity index (χ4v) is 2.74. The molecular weight excluding hydrogens is 333 g/mol. The van der Waals surface area contributed by atoms with E-state index in [1.807, 2.05) is 30.3 Å². The van der Waals surface area contributed by atoms with E-state index in [-0.39, 0.29) is 6.42 Å². The summed E-state index contributed by atoms with van der Waals surface area (Å²) in [4.78, 5) is 12.5. The normalized spacial score (nSPS) is 21.4. The van der Waals surface area contributed by atoms with Crippen molar-refractivity contribution < 1.29 is 23.1 Å². The van der Waals surface area contributed by atoms with Gasteiger partial charge in [0.25, 0.3) is 0 Å².